The van der Waals surface area contributed by atoms with Crippen LogP contribution in [0.2, 0.25) is 0 Å². The van der Waals surface area contributed by atoms with Gasteiger partial charge in [-0.1, -0.05) is 67.2 Å². The Morgan fingerprint density at radius 3 is 1.11 bits per heavy atom. The molecule has 0 bridgehead atoms. The molecule has 0 fully saturated rings. The molecule has 0 aliphatic carbocycles. The molecule has 28 heavy (non-hydrogen) atoms. The van der Waals surface area contributed by atoms with Crippen LogP contribution in [-0.2, 0) is 0 Å². The molecule has 4 rings (SSSR count). The average molecular weight is 364 g/mol. The Morgan fingerprint density at radius 1 is 0.429 bits per heavy atom. The summed E-state index contributed by atoms with van der Waals surface area (Å²) in [5.41, 5.74) is 3.06. The van der Waals surface area contributed by atoms with Crippen molar-refractivity contribution in [1.82, 2.24) is 0 Å². The highest BCUT2D eigenvalue weighted by atomic mass is 16.5. The maximum Gasteiger partial charge on any atom is 0.127 e. The zero-order valence-corrected chi connectivity index (χ0v) is 15.4. The summed E-state index contributed by atoms with van der Waals surface area (Å²) in [6, 6.07) is 35.4. The van der Waals surface area contributed by atoms with Crippen LogP contribution >= 0.6 is 0 Å². The highest BCUT2D eigenvalue weighted by Gasteiger charge is 2.05. The van der Waals surface area contributed by atoms with E-state index in [-0.39, 0.29) is 0 Å². The van der Waals surface area contributed by atoms with Gasteiger partial charge in [-0.05, 0) is 65.2 Å². The van der Waals surface area contributed by atoms with E-state index in [1.54, 1.807) is 0 Å². The SMILES string of the molecule is C=C(c1ccc(Oc2ccccc2)cc1)c1ccc(Oc2ccccc2)cc1. The van der Waals surface area contributed by atoms with E-state index in [2.05, 4.69) is 6.58 Å². The molecule has 0 aliphatic rings. The largest absolute Gasteiger partial charge is 0.457 e. The van der Waals surface area contributed by atoms with Crippen LogP contribution in [0.3, 0.4) is 0 Å². The molecule has 136 valence electrons. The second-order valence-corrected chi connectivity index (χ2v) is 6.36. The summed E-state index contributed by atoms with van der Waals surface area (Å²) in [5, 5.41) is 0. The second kappa shape index (κ2) is 8.28. The summed E-state index contributed by atoms with van der Waals surface area (Å²) in [6.07, 6.45) is 0. The predicted octanol–water partition coefficient (Wildman–Crippen LogP) is 7.33. The molecule has 2 heteroatoms. The van der Waals surface area contributed by atoms with Crippen molar-refractivity contribution >= 4 is 5.57 Å². The molecule has 0 saturated carbocycles. The zero-order valence-electron chi connectivity index (χ0n) is 15.4. The minimum atomic E-state index is 0.800. The van der Waals surface area contributed by atoms with E-state index in [1.165, 1.54) is 0 Å². The summed E-state index contributed by atoms with van der Waals surface area (Å²) in [4.78, 5) is 0. The first kappa shape index (κ1) is 17.6. The van der Waals surface area contributed by atoms with E-state index in [1.807, 2.05) is 109 Å². The third-order valence-corrected chi connectivity index (χ3v) is 4.36. The van der Waals surface area contributed by atoms with Crippen LogP contribution < -0.4 is 9.47 Å². The minimum Gasteiger partial charge on any atom is -0.457 e. The summed E-state index contributed by atoms with van der Waals surface area (Å²) < 4.78 is 11.7. The van der Waals surface area contributed by atoms with Gasteiger partial charge in [0.2, 0.25) is 0 Å². The summed E-state index contributed by atoms with van der Waals surface area (Å²) in [7, 11) is 0. The van der Waals surface area contributed by atoms with Crippen LogP contribution in [0.1, 0.15) is 11.1 Å². The van der Waals surface area contributed by atoms with Gasteiger partial charge in [-0.3, -0.25) is 0 Å². The average Bonchev–Trinajstić information content (AvgIpc) is 2.76. The summed E-state index contributed by atoms with van der Waals surface area (Å²) >= 11 is 0. The van der Waals surface area contributed by atoms with Crippen molar-refractivity contribution in [3.8, 4) is 23.0 Å². The van der Waals surface area contributed by atoms with Crippen molar-refractivity contribution in [2.45, 2.75) is 0 Å². The Hall–Kier alpha value is -3.78. The standard InChI is InChI=1S/C26H20O2/c1-20(21-12-16-25(17-13-21)27-23-8-4-2-5-9-23)22-14-18-26(19-15-22)28-24-10-6-3-7-11-24/h2-19H,1H2. The van der Waals surface area contributed by atoms with Gasteiger partial charge in [0.1, 0.15) is 23.0 Å². The van der Waals surface area contributed by atoms with Crippen molar-refractivity contribution in [2.75, 3.05) is 0 Å². The molecule has 2 nitrogen and oxygen atoms in total. The molecule has 0 radical (unpaired) electrons. The predicted molar refractivity (Wildman–Crippen MR) is 114 cm³/mol. The van der Waals surface area contributed by atoms with Gasteiger partial charge in [0.25, 0.3) is 0 Å². The van der Waals surface area contributed by atoms with Crippen LogP contribution in [0.15, 0.2) is 116 Å². The third-order valence-electron chi connectivity index (χ3n) is 4.36. The second-order valence-electron chi connectivity index (χ2n) is 6.36. The Labute approximate surface area is 165 Å². The van der Waals surface area contributed by atoms with Crippen LogP contribution in [-0.4, -0.2) is 0 Å². The van der Waals surface area contributed by atoms with Crippen LogP contribution in [0.5, 0.6) is 23.0 Å². The molecule has 0 spiro atoms. The van der Waals surface area contributed by atoms with Gasteiger partial charge in [0, 0.05) is 0 Å². The van der Waals surface area contributed by atoms with Crippen molar-refractivity contribution < 1.29 is 9.47 Å². The number of hydrogen-bond donors (Lipinski definition) is 0. The fourth-order valence-electron chi connectivity index (χ4n) is 2.86. The molecule has 0 unspecified atom stereocenters. The molecule has 0 N–H and O–H groups in total. The molecular formula is C26H20O2. The van der Waals surface area contributed by atoms with Gasteiger partial charge in [0.05, 0.1) is 0 Å². The maximum atomic E-state index is 5.84. The van der Waals surface area contributed by atoms with Crippen LogP contribution in [0.4, 0.5) is 0 Å². The van der Waals surface area contributed by atoms with Crippen molar-refractivity contribution in [1.29, 1.82) is 0 Å². The maximum absolute atomic E-state index is 5.84. The first-order valence-corrected chi connectivity index (χ1v) is 9.13. The van der Waals surface area contributed by atoms with Crippen molar-refractivity contribution in [3.05, 3.63) is 127 Å². The highest BCUT2D eigenvalue weighted by molar-refractivity contribution is 5.78. The first-order valence-electron chi connectivity index (χ1n) is 9.13. The first-order chi connectivity index (χ1) is 13.8. The Morgan fingerprint density at radius 2 is 0.750 bits per heavy atom. The Bertz CT molecular complexity index is 948. The molecule has 0 saturated heterocycles. The molecule has 4 aromatic carbocycles. The van der Waals surface area contributed by atoms with Crippen molar-refractivity contribution in [3.63, 3.8) is 0 Å². The number of rotatable bonds is 6. The topological polar surface area (TPSA) is 18.5 Å². The Kier molecular flexibility index (Phi) is 5.21. The van der Waals surface area contributed by atoms with Crippen LogP contribution in [0.25, 0.3) is 5.57 Å². The monoisotopic (exact) mass is 364 g/mol. The molecule has 4 aromatic rings. The summed E-state index contributed by atoms with van der Waals surface area (Å²) in [6.45, 7) is 4.24. The molecule has 0 atom stereocenters. The lowest BCUT2D eigenvalue weighted by Gasteiger charge is -2.10. The molecule has 0 aromatic heterocycles. The zero-order chi connectivity index (χ0) is 19.2. The molecule has 0 heterocycles. The van der Waals surface area contributed by atoms with Gasteiger partial charge >= 0.3 is 0 Å². The number of para-hydroxylation sites is 2. The lowest BCUT2D eigenvalue weighted by Crippen LogP contribution is -1.89. The normalized spacial score (nSPS) is 10.3. The van der Waals surface area contributed by atoms with E-state index in [9.17, 15) is 0 Å². The third kappa shape index (κ3) is 4.30. The lowest BCUT2D eigenvalue weighted by molar-refractivity contribution is 0.482. The fourth-order valence-corrected chi connectivity index (χ4v) is 2.86. The molecule has 0 aliphatic heterocycles. The van der Waals surface area contributed by atoms with E-state index in [0.717, 1.165) is 39.7 Å². The van der Waals surface area contributed by atoms with E-state index >= 15 is 0 Å². The van der Waals surface area contributed by atoms with Gasteiger partial charge in [-0.15, -0.1) is 0 Å². The van der Waals surface area contributed by atoms with Crippen molar-refractivity contribution in [2.24, 2.45) is 0 Å². The Balaban J connectivity index is 1.44. The smallest absolute Gasteiger partial charge is 0.127 e. The van der Waals surface area contributed by atoms with Gasteiger partial charge < -0.3 is 9.47 Å². The van der Waals surface area contributed by atoms with E-state index in [0.29, 0.717) is 0 Å². The van der Waals surface area contributed by atoms with Gasteiger partial charge in [0.15, 0.2) is 0 Å². The molecule has 0 amide bonds. The number of hydrogen-bond acceptors (Lipinski definition) is 2. The molecular weight excluding hydrogens is 344 g/mol. The highest BCUT2D eigenvalue weighted by Crippen LogP contribution is 2.28. The number of benzene rings is 4. The number of ether oxygens (including phenoxy) is 2. The minimum absolute atomic E-state index is 0.800. The summed E-state index contributed by atoms with van der Waals surface area (Å²) in [5.74, 6) is 3.25. The van der Waals surface area contributed by atoms with Gasteiger partial charge in [-0.2, -0.15) is 0 Å². The van der Waals surface area contributed by atoms with Crippen LogP contribution in [0, 0.1) is 0 Å². The quantitative estimate of drug-likeness (QED) is 0.356. The van der Waals surface area contributed by atoms with E-state index < -0.39 is 0 Å². The van der Waals surface area contributed by atoms with E-state index in [4.69, 9.17) is 9.47 Å². The fraction of sp³-hybridized carbons (Fsp3) is 0. The lowest BCUT2D eigenvalue weighted by atomic mass is 9.99. The van der Waals surface area contributed by atoms with Gasteiger partial charge in [-0.25, -0.2) is 0 Å².